The van der Waals surface area contributed by atoms with Crippen LogP contribution in [0.3, 0.4) is 0 Å². The van der Waals surface area contributed by atoms with Crippen LogP contribution < -0.4 is 4.90 Å². The lowest BCUT2D eigenvalue weighted by Gasteiger charge is -2.40. The summed E-state index contributed by atoms with van der Waals surface area (Å²) in [6, 6.07) is 15.4. The highest BCUT2D eigenvalue weighted by atomic mass is 16.5. The van der Waals surface area contributed by atoms with E-state index in [1.165, 1.54) is 27.9 Å². The number of hydrogen-bond acceptors (Lipinski definition) is 6. The first-order valence-electron chi connectivity index (χ1n) is 12.1. The molecule has 7 nitrogen and oxygen atoms in total. The van der Waals surface area contributed by atoms with E-state index in [-0.39, 0.29) is 12.1 Å². The molecule has 2 fully saturated rings. The van der Waals surface area contributed by atoms with Gasteiger partial charge in [-0.15, -0.1) is 5.10 Å². The zero-order valence-electron chi connectivity index (χ0n) is 19.9. The van der Waals surface area contributed by atoms with Gasteiger partial charge in [-0.1, -0.05) is 42.0 Å². The predicted octanol–water partition coefficient (Wildman–Crippen LogP) is 3.69. The molecule has 3 heterocycles. The molecule has 0 N–H and O–H groups in total. The number of nitrogens with zero attached hydrogens (tertiary/aromatic N) is 6. The number of aromatic nitrogens is 4. The summed E-state index contributed by atoms with van der Waals surface area (Å²) in [4.78, 5) is 5.05. The Bertz CT molecular complexity index is 1060. The second kappa shape index (κ2) is 9.61. The molecule has 33 heavy (non-hydrogen) atoms. The highest BCUT2D eigenvalue weighted by molar-refractivity contribution is 5.56. The fraction of sp³-hybridized carbons (Fsp3) is 0.500. The van der Waals surface area contributed by atoms with Crippen molar-refractivity contribution in [3.05, 3.63) is 70.5 Å². The summed E-state index contributed by atoms with van der Waals surface area (Å²) in [5.74, 6) is 0.912. The summed E-state index contributed by atoms with van der Waals surface area (Å²) in [6.45, 7) is 12.0. The van der Waals surface area contributed by atoms with Gasteiger partial charge in [-0.25, -0.2) is 4.68 Å². The first-order chi connectivity index (χ1) is 16.1. The van der Waals surface area contributed by atoms with Crippen LogP contribution in [0.15, 0.2) is 42.5 Å². The van der Waals surface area contributed by atoms with Crippen LogP contribution in [-0.4, -0.2) is 64.0 Å². The van der Waals surface area contributed by atoms with E-state index in [4.69, 9.17) is 4.74 Å². The summed E-state index contributed by atoms with van der Waals surface area (Å²) in [5, 5.41) is 13.0. The first-order valence-corrected chi connectivity index (χ1v) is 12.1. The van der Waals surface area contributed by atoms with Gasteiger partial charge in [0.25, 0.3) is 0 Å². The average Bonchev–Trinajstić information content (AvgIpc) is 3.51. The fourth-order valence-electron chi connectivity index (χ4n) is 5.09. The number of anilines is 1. The van der Waals surface area contributed by atoms with E-state index in [2.05, 4.69) is 88.6 Å². The summed E-state index contributed by atoms with van der Waals surface area (Å²) in [7, 11) is 0. The average molecular weight is 447 g/mol. The topological polar surface area (TPSA) is 59.3 Å². The normalized spacial score (nSPS) is 20.3. The minimum atomic E-state index is 0.0303. The van der Waals surface area contributed by atoms with Gasteiger partial charge in [0, 0.05) is 38.5 Å². The van der Waals surface area contributed by atoms with E-state index in [0.717, 1.165) is 51.5 Å². The van der Waals surface area contributed by atoms with E-state index in [1.807, 2.05) is 4.68 Å². The zero-order valence-corrected chi connectivity index (χ0v) is 19.9. The van der Waals surface area contributed by atoms with Crippen LogP contribution in [0.1, 0.15) is 47.0 Å². The number of rotatable bonds is 6. The Hall–Kier alpha value is -2.77. The molecule has 0 amide bonds. The van der Waals surface area contributed by atoms with Crippen LogP contribution in [0.4, 0.5) is 5.69 Å². The maximum Gasteiger partial charge on any atom is 0.173 e. The third-order valence-electron chi connectivity index (χ3n) is 7.19. The lowest BCUT2D eigenvalue weighted by atomic mass is 10.0. The first kappa shape index (κ1) is 22.0. The number of tetrazole rings is 1. The van der Waals surface area contributed by atoms with E-state index >= 15 is 0 Å². The Labute approximate surface area is 196 Å². The van der Waals surface area contributed by atoms with Crippen molar-refractivity contribution in [1.29, 1.82) is 0 Å². The van der Waals surface area contributed by atoms with E-state index in [0.29, 0.717) is 6.54 Å². The van der Waals surface area contributed by atoms with Crippen LogP contribution in [0.2, 0.25) is 0 Å². The Kier molecular flexibility index (Phi) is 6.42. The Morgan fingerprint density at radius 3 is 2.52 bits per heavy atom. The number of benzene rings is 2. The number of hydrogen-bond donors (Lipinski definition) is 0. The summed E-state index contributed by atoms with van der Waals surface area (Å²) >= 11 is 0. The van der Waals surface area contributed by atoms with Gasteiger partial charge in [-0.05, 0) is 66.8 Å². The molecule has 7 heteroatoms. The van der Waals surface area contributed by atoms with Crippen molar-refractivity contribution in [1.82, 2.24) is 25.1 Å². The van der Waals surface area contributed by atoms with Crippen molar-refractivity contribution < 1.29 is 4.74 Å². The van der Waals surface area contributed by atoms with Gasteiger partial charge >= 0.3 is 0 Å². The maximum absolute atomic E-state index is 5.88. The van der Waals surface area contributed by atoms with Crippen molar-refractivity contribution >= 4 is 5.69 Å². The quantitative estimate of drug-likeness (QED) is 0.576. The molecular formula is C26H34N6O. The fourth-order valence-corrected chi connectivity index (χ4v) is 5.09. The molecule has 0 unspecified atom stereocenters. The number of ether oxygens (including phenoxy) is 1. The van der Waals surface area contributed by atoms with Crippen molar-refractivity contribution in [2.24, 2.45) is 0 Å². The van der Waals surface area contributed by atoms with Crippen molar-refractivity contribution in [2.75, 3.05) is 37.7 Å². The second-order valence-corrected chi connectivity index (χ2v) is 9.41. The van der Waals surface area contributed by atoms with Crippen LogP contribution in [0.25, 0.3) is 0 Å². The SMILES string of the molecule is Cc1ccc([C@@H](c2nnnn2C[C@@H]2CCCO2)N2CCN(c3cccc(C)c3C)CC2)cc1. The Morgan fingerprint density at radius 1 is 1.00 bits per heavy atom. The molecule has 0 spiro atoms. The molecule has 0 radical (unpaired) electrons. The van der Waals surface area contributed by atoms with Crippen LogP contribution in [0, 0.1) is 20.8 Å². The van der Waals surface area contributed by atoms with E-state index in [9.17, 15) is 0 Å². The van der Waals surface area contributed by atoms with E-state index < -0.39 is 0 Å². The molecule has 2 aliphatic rings. The summed E-state index contributed by atoms with van der Waals surface area (Å²) < 4.78 is 7.84. The van der Waals surface area contributed by atoms with Gasteiger partial charge in [-0.3, -0.25) is 4.90 Å². The molecule has 174 valence electrons. The van der Waals surface area contributed by atoms with Gasteiger partial charge in [0.2, 0.25) is 0 Å². The molecule has 1 aromatic heterocycles. The van der Waals surface area contributed by atoms with Crippen LogP contribution in [0.5, 0.6) is 0 Å². The van der Waals surface area contributed by atoms with E-state index in [1.54, 1.807) is 0 Å². The van der Waals surface area contributed by atoms with Gasteiger partial charge in [-0.2, -0.15) is 0 Å². The molecule has 0 saturated carbocycles. The molecule has 0 bridgehead atoms. The molecule has 0 aliphatic carbocycles. The molecule has 2 atom stereocenters. The maximum atomic E-state index is 5.88. The monoisotopic (exact) mass is 446 g/mol. The third-order valence-corrected chi connectivity index (χ3v) is 7.19. The predicted molar refractivity (Wildman–Crippen MR) is 130 cm³/mol. The molecule has 3 aromatic rings. The standard InChI is InChI=1S/C26H34N6O/c1-19-9-11-22(12-10-19)25(26-27-28-29-32(26)18-23-7-5-17-33-23)31-15-13-30(14-16-31)24-8-4-6-20(2)21(24)3/h4,6,8-12,23,25H,5,7,13-18H2,1-3H3/t23-,25-/m0/s1. The number of aryl methyl sites for hydroxylation is 2. The van der Waals surface area contributed by atoms with Gasteiger partial charge in [0.05, 0.1) is 18.7 Å². The Balaban J connectivity index is 1.40. The van der Waals surface area contributed by atoms with Crippen molar-refractivity contribution in [2.45, 2.75) is 52.3 Å². The minimum Gasteiger partial charge on any atom is -0.376 e. The largest absolute Gasteiger partial charge is 0.376 e. The summed E-state index contributed by atoms with van der Waals surface area (Å²) in [6.07, 6.45) is 2.39. The molecule has 5 rings (SSSR count). The second-order valence-electron chi connectivity index (χ2n) is 9.41. The minimum absolute atomic E-state index is 0.0303. The zero-order chi connectivity index (χ0) is 22.8. The number of piperazine rings is 1. The molecule has 2 aliphatic heterocycles. The highest BCUT2D eigenvalue weighted by Crippen LogP contribution is 2.31. The lowest BCUT2D eigenvalue weighted by Crippen LogP contribution is -2.48. The molecular weight excluding hydrogens is 412 g/mol. The molecule has 2 saturated heterocycles. The Morgan fingerprint density at radius 2 is 1.79 bits per heavy atom. The highest BCUT2D eigenvalue weighted by Gasteiger charge is 2.32. The summed E-state index contributed by atoms with van der Waals surface area (Å²) in [5.41, 5.74) is 6.58. The third kappa shape index (κ3) is 4.66. The smallest absolute Gasteiger partial charge is 0.173 e. The van der Waals surface area contributed by atoms with Gasteiger partial charge in [0.15, 0.2) is 5.82 Å². The van der Waals surface area contributed by atoms with Crippen LogP contribution >= 0.6 is 0 Å². The van der Waals surface area contributed by atoms with Crippen molar-refractivity contribution in [3.8, 4) is 0 Å². The molecule has 2 aromatic carbocycles. The van der Waals surface area contributed by atoms with Gasteiger partial charge in [0.1, 0.15) is 0 Å². The van der Waals surface area contributed by atoms with Crippen LogP contribution in [-0.2, 0) is 11.3 Å². The van der Waals surface area contributed by atoms with Gasteiger partial charge < -0.3 is 9.64 Å². The van der Waals surface area contributed by atoms with Crippen molar-refractivity contribution in [3.63, 3.8) is 0 Å². The lowest BCUT2D eigenvalue weighted by molar-refractivity contribution is 0.0906.